The number of hydrogen-bond donors (Lipinski definition) is 1. The molecule has 0 saturated heterocycles. The molecule has 5 heteroatoms. The molecule has 0 bridgehead atoms. The van der Waals surface area contributed by atoms with Crippen LogP contribution < -0.4 is 10.9 Å². The molecule has 3 aromatic rings. The van der Waals surface area contributed by atoms with Gasteiger partial charge in [0.1, 0.15) is 11.6 Å². The number of nitrogens with zero attached hydrogens (tertiary/aromatic N) is 3. The van der Waals surface area contributed by atoms with Crippen molar-refractivity contribution in [3.05, 3.63) is 76.4 Å². The van der Waals surface area contributed by atoms with Crippen LogP contribution in [0.3, 0.4) is 0 Å². The Bertz CT molecular complexity index is 1090. The van der Waals surface area contributed by atoms with Crippen LogP contribution in [0.4, 0.5) is 11.6 Å². The van der Waals surface area contributed by atoms with Crippen molar-refractivity contribution in [3.63, 3.8) is 0 Å². The molecule has 0 unspecified atom stereocenters. The highest BCUT2D eigenvalue weighted by atomic mass is 16.1. The maximum atomic E-state index is 12.9. The van der Waals surface area contributed by atoms with Crippen molar-refractivity contribution in [2.24, 2.45) is 0 Å². The Kier molecular flexibility index (Phi) is 4.13. The van der Waals surface area contributed by atoms with Crippen molar-refractivity contribution < 1.29 is 0 Å². The summed E-state index contributed by atoms with van der Waals surface area (Å²) in [7, 11) is 0. The van der Waals surface area contributed by atoms with E-state index in [1.807, 2.05) is 44.2 Å². The fraction of sp³-hybridized carbons (Fsp3) is 0.190. The summed E-state index contributed by atoms with van der Waals surface area (Å²) in [4.78, 5) is 21.8. The van der Waals surface area contributed by atoms with Crippen molar-refractivity contribution in [1.29, 1.82) is 0 Å². The molecule has 26 heavy (non-hydrogen) atoms. The number of anilines is 2. The third-order valence-electron chi connectivity index (χ3n) is 4.54. The molecule has 0 saturated carbocycles. The highest BCUT2D eigenvalue weighted by molar-refractivity contribution is 5.87. The average Bonchev–Trinajstić information content (AvgIpc) is 3.18. The molecule has 1 aliphatic carbocycles. The maximum Gasteiger partial charge on any atom is 0.258 e. The summed E-state index contributed by atoms with van der Waals surface area (Å²) >= 11 is 0. The minimum absolute atomic E-state index is 0.0309. The highest BCUT2D eigenvalue weighted by Crippen LogP contribution is 2.24. The van der Waals surface area contributed by atoms with Crippen LogP contribution in [-0.2, 0) is 6.54 Å². The number of fused-ring (bicyclic) bond motifs is 1. The molecule has 3 heterocycles. The summed E-state index contributed by atoms with van der Waals surface area (Å²) in [6.45, 7) is 4.59. The van der Waals surface area contributed by atoms with Crippen LogP contribution in [0.2, 0.25) is 0 Å². The zero-order valence-electron chi connectivity index (χ0n) is 14.9. The molecule has 0 atom stereocenters. The predicted molar refractivity (Wildman–Crippen MR) is 106 cm³/mol. The Labute approximate surface area is 151 Å². The van der Waals surface area contributed by atoms with Gasteiger partial charge in [-0.1, -0.05) is 24.3 Å². The van der Waals surface area contributed by atoms with Gasteiger partial charge in [0.2, 0.25) is 0 Å². The van der Waals surface area contributed by atoms with Gasteiger partial charge < -0.3 is 9.88 Å². The zero-order chi connectivity index (χ0) is 18.1. The lowest BCUT2D eigenvalue weighted by molar-refractivity contribution is 0.757. The number of nitrogens with one attached hydrogen (secondary N) is 1. The largest absolute Gasteiger partial charge is 0.325 e. The lowest BCUT2D eigenvalue weighted by atomic mass is 10.1. The number of aromatic nitrogens is 3. The first-order valence-corrected chi connectivity index (χ1v) is 8.76. The van der Waals surface area contributed by atoms with Gasteiger partial charge in [0, 0.05) is 36.0 Å². The van der Waals surface area contributed by atoms with Crippen molar-refractivity contribution in [3.8, 4) is 0 Å². The minimum atomic E-state index is 0.0309. The summed E-state index contributed by atoms with van der Waals surface area (Å²) in [5.74, 6) is 1.40. The Morgan fingerprint density at radius 3 is 2.69 bits per heavy atom. The lowest BCUT2D eigenvalue weighted by Gasteiger charge is -2.13. The lowest BCUT2D eigenvalue weighted by Crippen LogP contribution is -2.23. The third kappa shape index (κ3) is 2.92. The van der Waals surface area contributed by atoms with Gasteiger partial charge in [-0.25, -0.2) is 9.97 Å². The first kappa shape index (κ1) is 16.3. The average molecular weight is 344 g/mol. The van der Waals surface area contributed by atoms with E-state index in [-0.39, 0.29) is 5.56 Å². The van der Waals surface area contributed by atoms with Crippen molar-refractivity contribution >= 4 is 28.1 Å². The van der Waals surface area contributed by atoms with Gasteiger partial charge in [0.15, 0.2) is 0 Å². The van der Waals surface area contributed by atoms with Gasteiger partial charge in [0.25, 0.3) is 5.56 Å². The molecular formula is C21H20N4O. The van der Waals surface area contributed by atoms with E-state index in [1.165, 1.54) is 0 Å². The summed E-state index contributed by atoms with van der Waals surface area (Å²) in [5, 5.41) is 4.15. The fourth-order valence-corrected chi connectivity index (χ4v) is 3.19. The second kappa shape index (κ2) is 6.59. The van der Waals surface area contributed by atoms with Crippen LogP contribution in [-0.4, -0.2) is 14.5 Å². The first-order chi connectivity index (χ1) is 12.7. The molecule has 130 valence electrons. The molecule has 1 N–H and O–H groups in total. The Morgan fingerprint density at radius 2 is 2.00 bits per heavy atom. The van der Waals surface area contributed by atoms with E-state index in [9.17, 15) is 4.79 Å². The van der Waals surface area contributed by atoms with Gasteiger partial charge in [0.05, 0.1) is 5.52 Å². The number of pyridine rings is 3. The quantitative estimate of drug-likeness (QED) is 0.770. The molecule has 5 nitrogen and oxygen atoms in total. The van der Waals surface area contributed by atoms with Crippen LogP contribution in [0.15, 0.2) is 59.7 Å². The standard InChI is InChI=1S/C21H20N4O/c1-3-25-18-11-20(24-19-9-8-14(2)12-22-19)23-13-16(18)10-17(21(25)26)15-6-4-5-7-15/h4,6-13H,3,5H2,1-2H3,(H,22,23,24). The second-order valence-corrected chi connectivity index (χ2v) is 6.38. The monoisotopic (exact) mass is 344 g/mol. The molecule has 3 aromatic heterocycles. The summed E-state index contributed by atoms with van der Waals surface area (Å²) in [5.41, 5.74) is 3.72. The van der Waals surface area contributed by atoms with E-state index in [4.69, 9.17) is 0 Å². The van der Waals surface area contributed by atoms with Crippen LogP contribution in [0.5, 0.6) is 0 Å². The number of rotatable bonds is 4. The fourth-order valence-electron chi connectivity index (χ4n) is 3.19. The van der Waals surface area contributed by atoms with Crippen molar-refractivity contribution in [2.75, 3.05) is 5.32 Å². The maximum absolute atomic E-state index is 12.9. The summed E-state index contributed by atoms with van der Waals surface area (Å²) in [6, 6.07) is 7.75. The molecule has 0 spiro atoms. The minimum Gasteiger partial charge on any atom is -0.325 e. The van der Waals surface area contributed by atoms with Crippen molar-refractivity contribution in [1.82, 2.24) is 14.5 Å². The van der Waals surface area contributed by atoms with Crippen molar-refractivity contribution in [2.45, 2.75) is 26.8 Å². The van der Waals surface area contributed by atoms with Gasteiger partial charge in [-0.05, 0) is 43.5 Å². The van der Waals surface area contributed by atoms with E-state index >= 15 is 0 Å². The van der Waals surface area contributed by atoms with Crippen LogP contribution in [0.25, 0.3) is 16.5 Å². The SMILES string of the molecule is CCn1c(=O)c(C2=CCC=C2)cc2cnc(Nc3ccc(C)cn3)cc21. The van der Waals surface area contributed by atoms with Gasteiger partial charge in [-0.3, -0.25) is 4.79 Å². The third-order valence-corrected chi connectivity index (χ3v) is 4.54. The van der Waals surface area contributed by atoms with E-state index in [2.05, 4.69) is 27.4 Å². The van der Waals surface area contributed by atoms with Crippen LogP contribution >= 0.6 is 0 Å². The molecule has 0 aromatic carbocycles. The number of aryl methyl sites for hydroxylation is 2. The van der Waals surface area contributed by atoms with Crippen LogP contribution in [0, 0.1) is 6.92 Å². The van der Waals surface area contributed by atoms with Gasteiger partial charge in [-0.15, -0.1) is 0 Å². The molecule has 4 rings (SSSR count). The van der Waals surface area contributed by atoms with E-state index in [1.54, 1.807) is 17.0 Å². The molecule has 0 aliphatic heterocycles. The molecule has 0 fully saturated rings. The topological polar surface area (TPSA) is 59.8 Å². The molecule has 0 radical (unpaired) electrons. The molecule has 1 aliphatic rings. The second-order valence-electron chi connectivity index (χ2n) is 6.38. The number of allylic oxidation sites excluding steroid dienone is 4. The summed E-state index contributed by atoms with van der Waals surface area (Å²) in [6.07, 6.45) is 10.6. The normalized spacial score (nSPS) is 13.2. The molecule has 0 amide bonds. The summed E-state index contributed by atoms with van der Waals surface area (Å²) < 4.78 is 1.80. The first-order valence-electron chi connectivity index (χ1n) is 8.76. The van der Waals surface area contributed by atoms with Gasteiger partial charge in [-0.2, -0.15) is 0 Å². The highest BCUT2D eigenvalue weighted by Gasteiger charge is 2.13. The number of hydrogen-bond acceptors (Lipinski definition) is 4. The van der Waals surface area contributed by atoms with E-state index in [0.29, 0.717) is 12.4 Å². The zero-order valence-corrected chi connectivity index (χ0v) is 14.9. The van der Waals surface area contributed by atoms with Crippen LogP contribution in [0.1, 0.15) is 24.5 Å². The Morgan fingerprint density at radius 1 is 1.15 bits per heavy atom. The predicted octanol–water partition coefficient (Wildman–Crippen LogP) is 4.21. The van der Waals surface area contributed by atoms with E-state index in [0.717, 1.165) is 39.8 Å². The van der Waals surface area contributed by atoms with E-state index < -0.39 is 0 Å². The Hall–Kier alpha value is -3.21. The molecular weight excluding hydrogens is 324 g/mol. The van der Waals surface area contributed by atoms with Gasteiger partial charge >= 0.3 is 0 Å². The smallest absolute Gasteiger partial charge is 0.258 e. The Balaban J connectivity index is 1.80.